The summed E-state index contributed by atoms with van der Waals surface area (Å²) in [6, 6.07) is 16.4. The molecule has 1 saturated heterocycles. The van der Waals surface area contributed by atoms with Gasteiger partial charge in [-0.2, -0.15) is 5.26 Å². The maximum Gasteiger partial charge on any atom is 0.270 e. The maximum absolute atomic E-state index is 14.4. The minimum absolute atomic E-state index is 0.239. The Balaban J connectivity index is 1.63. The molecule has 1 amide bonds. The van der Waals surface area contributed by atoms with Crippen LogP contribution in [0.25, 0.3) is 22.0 Å². The summed E-state index contributed by atoms with van der Waals surface area (Å²) in [4.78, 5) is 19.3. The van der Waals surface area contributed by atoms with Gasteiger partial charge in [0.25, 0.3) is 5.91 Å². The lowest BCUT2D eigenvalue weighted by Gasteiger charge is -2.32. The third-order valence-electron chi connectivity index (χ3n) is 6.18. The molecular formula is C27H28FN5O2. The van der Waals surface area contributed by atoms with Crippen molar-refractivity contribution < 1.29 is 13.9 Å². The van der Waals surface area contributed by atoms with Crippen molar-refractivity contribution in [3.8, 4) is 23.1 Å². The van der Waals surface area contributed by atoms with E-state index < -0.39 is 12.2 Å². The van der Waals surface area contributed by atoms with Gasteiger partial charge in [-0.05, 0) is 43.1 Å². The van der Waals surface area contributed by atoms with Crippen molar-refractivity contribution in [2.24, 2.45) is 0 Å². The number of rotatable bonds is 7. The summed E-state index contributed by atoms with van der Waals surface area (Å²) < 4.78 is 19.9. The molecule has 180 valence electrons. The summed E-state index contributed by atoms with van der Waals surface area (Å²) in [5.41, 5.74) is 2.82. The van der Waals surface area contributed by atoms with Crippen molar-refractivity contribution in [3.63, 3.8) is 0 Å². The number of nitrogens with one attached hydrogen (secondary N) is 2. The lowest BCUT2D eigenvalue weighted by Crippen LogP contribution is -2.51. The number of halogens is 1. The molecule has 0 spiro atoms. The van der Waals surface area contributed by atoms with E-state index in [2.05, 4.69) is 22.2 Å². The molecule has 4 rings (SSSR count). The number of hydrogen-bond donors (Lipinski definition) is 2. The van der Waals surface area contributed by atoms with Crippen LogP contribution in [0.2, 0.25) is 0 Å². The smallest absolute Gasteiger partial charge is 0.270 e. The number of ether oxygens (including phenoxy) is 1. The molecule has 2 atom stereocenters. The average molecular weight is 474 g/mol. The predicted octanol–water partition coefficient (Wildman–Crippen LogP) is 4.17. The maximum atomic E-state index is 14.4. The van der Waals surface area contributed by atoms with Crippen molar-refractivity contribution in [1.29, 1.82) is 5.26 Å². The summed E-state index contributed by atoms with van der Waals surface area (Å²) in [7, 11) is 3.46. The second-order valence-electron chi connectivity index (χ2n) is 8.70. The van der Waals surface area contributed by atoms with Crippen molar-refractivity contribution in [2.75, 3.05) is 39.1 Å². The van der Waals surface area contributed by atoms with E-state index in [1.807, 2.05) is 54.4 Å². The number of benzene rings is 2. The number of pyridine rings is 1. The highest BCUT2D eigenvalue weighted by molar-refractivity contribution is 5.99. The fourth-order valence-corrected chi connectivity index (χ4v) is 4.23. The third kappa shape index (κ3) is 5.42. The number of carbonyl (C=O) groups excluding carboxylic acids is 1. The van der Waals surface area contributed by atoms with Gasteiger partial charge < -0.3 is 20.3 Å². The van der Waals surface area contributed by atoms with Crippen LogP contribution in [0.5, 0.6) is 5.75 Å². The van der Waals surface area contributed by atoms with Crippen molar-refractivity contribution >= 4 is 22.4 Å². The Hall–Kier alpha value is -3.96. The average Bonchev–Trinajstić information content (AvgIpc) is 2.88. The Morgan fingerprint density at radius 2 is 2.11 bits per heavy atom. The van der Waals surface area contributed by atoms with Crippen LogP contribution in [0.15, 0.2) is 60.7 Å². The van der Waals surface area contributed by atoms with Gasteiger partial charge in [-0.3, -0.25) is 4.79 Å². The highest BCUT2D eigenvalue weighted by Gasteiger charge is 2.29. The van der Waals surface area contributed by atoms with E-state index in [-0.39, 0.29) is 18.1 Å². The molecule has 8 heteroatoms. The van der Waals surface area contributed by atoms with Crippen LogP contribution in [0.1, 0.15) is 16.9 Å². The van der Waals surface area contributed by atoms with Crippen LogP contribution >= 0.6 is 0 Å². The zero-order valence-electron chi connectivity index (χ0n) is 19.8. The molecule has 1 unspecified atom stereocenters. The number of methoxy groups -OCH3 is 1. The van der Waals surface area contributed by atoms with E-state index >= 15 is 0 Å². The number of nitriles is 1. The Morgan fingerprint density at radius 1 is 1.31 bits per heavy atom. The van der Waals surface area contributed by atoms with Crippen LogP contribution in [-0.2, 0) is 0 Å². The molecule has 7 nitrogen and oxygen atoms in total. The lowest BCUT2D eigenvalue weighted by molar-refractivity contribution is 0.0817. The number of piperidine rings is 1. The third-order valence-corrected chi connectivity index (χ3v) is 6.18. The van der Waals surface area contributed by atoms with Crippen molar-refractivity contribution in [1.82, 2.24) is 15.2 Å². The summed E-state index contributed by atoms with van der Waals surface area (Å²) >= 11 is 0. The molecule has 1 aromatic heterocycles. The number of amides is 1. The Morgan fingerprint density at radius 3 is 2.86 bits per heavy atom. The monoisotopic (exact) mass is 473 g/mol. The summed E-state index contributed by atoms with van der Waals surface area (Å²) in [5, 5.41) is 17.0. The first-order valence-corrected chi connectivity index (χ1v) is 11.4. The van der Waals surface area contributed by atoms with Gasteiger partial charge in [0.05, 0.1) is 30.6 Å². The van der Waals surface area contributed by atoms with Gasteiger partial charge in [0, 0.05) is 36.2 Å². The molecule has 1 fully saturated rings. The van der Waals surface area contributed by atoms with Gasteiger partial charge in [0.15, 0.2) is 0 Å². The van der Waals surface area contributed by atoms with Gasteiger partial charge >= 0.3 is 0 Å². The summed E-state index contributed by atoms with van der Waals surface area (Å²) in [6.07, 6.45) is -0.553. The number of anilines is 1. The molecule has 3 aromatic rings. The minimum atomic E-state index is -1.11. The summed E-state index contributed by atoms with van der Waals surface area (Å²) in [6.45, 7) is 5.05. The van der Waals surface area contributed by atoms with Gasteiger partial charge in [-0.1, -0.05) is 30.8 Å². The summed E-state index contributed by atoms with van der Waals surface area (Å²) in [5.74, 6) is 0.254. The van der Waals surface area contributed by atoms with Crippen LogP contribution in [0.4, 0.5) is 10.1 Å². The topological polar surface area (TPSA) is 90.3 Å². The van der Waals surface area contributed by atoms with Gasteiger partial charge in [0.1, 0.15) is 17.6 Å². The molecule has 0 saturated carbocycles. The Bertz CT molecular complexity index is 1300. The van der Waals surface area contributed by atoms with E-state index in [1.54, 1.807) is 19.2 Å². The number of fused-ring (bicyclic) bond motifs is 1. The molecule has 35 heavy (non-hydrogen) atoms. The highest BCUT2D eigenvalue weighted by atomic mass is 19.1. The SMILES string of the molecule is C=C(C#N)CNc1c(OC)ccc2ccc(-c3cccc(C(=O)N[C@@H]4CCN(C)CC4F)n3)cc12. The fraction of sp³-hybridized carbons (Fsp3) is 0.296. The van der Waals surface area contributed by atoms with Gasteiger partial charge in [-0.15, -0.1) is 0 Å². The van der Waals surface area contributed by atoms with E-state index in [0.717, 1.165) is 28.6 Å². The highest BCUT2D eigenvalue weighted by Crippen LogP contribution is 2.35. The van der Waals surface area contributed by atoms with Gasteiger partial charge in [0.2, 0.25) is 0 Å². The largest absolute Gasteiger partial charge is 0.495 e. The predicted molar refractivity (Wildman–Crippen MR) is 135 cm³/mol. The Kier molecular flexibility index (Phi) is 7.28. The second-order valence-corrected chi connectivity index (χ2v) is 8.70. The normalized spacial score (nSPS) is 18.0. The second kappa shape index (κ2) is 10.5. The van der Waals surface area contributed by atoms with E-state index in [4.69, 9.17) is 10.00 Å². The number of carbonyl (C=O) groups is 1. The molecule has 1 aliphatic rings. The number of nitrogens with zero attached hydrogens (tertiary/aromatic N) is 3. The van der Waals surface area contributed by atoms with E-state index in [9.17, 15) is 9.18 Å². The zero-order chi connectivity index (χ0) is 24.9. The van der Waals surface area contributed by atoms with Crippen LogP contribution in [0, 0.1) is 11.3 Å². The fourth-order valence-electron chi connectivity index (χ4n) is 4.23. The first kappa shape index (κ1) is 24.2. The molecule has 0 radical (unpaired) electrons. The molecule has 2 heterocycles. The first-order valence-electron chi connectivity index (χ1n) is 11.4. The lowest BCUT2D eigenvalue weighted by atomic mass is 10.0. The van der Waals surface area contributed by atoms with E-state index in [1.165, 1.54) is 0 Å². The zero-order valence-corrected chi connectivity index (χ0v) is 19.8. The number of hydrogen-bond acceptors (Lipinski definition) is 6. The minimum Gasteiger partial charge on any atom is -0.495 e. The standard InChI is InChI=1S/C27H28FN5O2/c1-17(14-29)15-30-26-20-13-19(8-7-18(20)9-10-25(26)35-3)22-5-4-6-24(31-22)27(34)32-23-11-12-33(2)16-21(23)28/h4-10,13,21,23,30H,1,11-12,15-16H2,2-3H3,(H,32,34)/t21?,23-/m1/s1. The van der Waals surface area contributed by atoms with E-state index in [0.29, 0.717) is 30.0 Å². The van der Waals surface area contributed by atoms with Crippen LogP contribution < -0.4 is 15.4 Å². The van der Waals surface area contributed by atoms with Crippen molar-refractivity contribution in [3.05, 3.63) is 66.4 Å². The van der Waals surface area contributed by atoms with Crippen LogP contribution in [0.3, 0.4) is 0 Å². The molecule has 1 aliphatic heterocycles. The molecule has 2 aromatic carbocycles. The number of alkyl halides is 1. The van der Waals surface area contributed by atoms with Gasteiger partial charge in [-0.25, -0.2) is 9.37 Å². The Labute approximate surface area is 204 Å². The molecule has 2 N–H and O–H groups in total. The quantitative estimate of drug-likeness (QED) is 0.501. The molecule has 0 aliphatic carbocycles. The van der Waals surface area contributed by atoms with Crippen molar-refractivity contribution in [2.45, 2.75) is 18.6 Å². The van der Waals surface area contributed by atoms with Crippen LogP contribution in [-0.4, -0.2) is 61.8 Å². The molecule has 0 bridgehead atoms. The number of likely N-dealkylation sites (tertiary alicyclic amines) is 1. The number of aromatic nitrogens is 1. The first-order chi connectivity index (χ1) is 16.9. The molecular weight excluding hydrogens is 445 g/mol.